The van der Waals surface area contributed by atoms with E-state index >= 15 is 0 Å². The van der Waals surface area contributed by atoms with Gasteiger partial charge in [0.05, 0.1) is 12.1 Å². The van der Waals surface area contributed by atoms with Gasteiger partial charge in [-0.2, -0.15) is 4.98 Å². The molecular weight excluding hydrogens is 266 g/mol. The van der Waals surface area contributed by atoms with Gasteiger partial charge in [-0.3, -0.25) is 0 Å². The van der Waals surface area contributed by atoms with Crippen molar-refractivity contribution in [3.63, 3.8) is 0 Å². The van der Waals surface area contributed by atoms with Crippen LogP contribution >= 0.6 is 0 Å². The summed E-state index contributed by atoms with van der Waals surface area (Å²) >= 11 is 0. The van der Waals surface area contributed by atoms with E-state index in [-0.39, 0.29) is 12.1 Å². The van der Waals surface area contributed by atoms with Crippen molar-refractivity contribution >= 4 is 0 Å². The molecule has 5 nitrogen and oxygen atoms in total. The molecule has 112 valence electrons. The van der Waals surface area contributed by atoms with Gasteiger partial charge in [-0.05, 0) is 25.8 Å². The molecule has 1 aromatic carbocycles. The molecule has 1 aliphatic heterocycles. The fourth-order valence-electron chi connectivity index (χ4n) is 2.64. The maximum Gasteiger partial charge on any atom is 0.243 e. The van der Waals surface area contributed by atoms with Crippen LogP contribution in [0.5, 0.6) is 0 Å². The predicted octanol–water partition coefficient (Wildman–Crippen LogP) is 2.49. The third kappa shape index (κ3) is 3.49. The maximum atomic E-state index is 5.56. The summed E-state index contributed by atoms with van der Waals surface area (Å²) in [4.78, 5) is 4.49. The normalized spacial score (nSPS) is 23.3. The minimum atomic E-state index is 0.0381. The van der Waals surface area contributed by atoms with E-state index in [9.17, 15) is 0 Å². The number of benzene rings is 1. The summed E-state index contributed by atoms with van der Waals surface area (Å²) in [6.07, 6.45) is 1.95. The van der Waals surface area contributed by atoms with Crippen molar-refractivity contribution in [2.45, 2.75) is 44.9 Å². The summed E-state index contributed by atoms with van der Waals surface area (Å²) in [7, 11) is 0. The lowest BCUT2D eigenvalue weighted by Crippen LogP contribution is -2.36. The zero-order chi connectivity index (χ0) is 14.7. The van der Waals surface area contributed by atoms with Gasteiger partial charge in [-0.25, -0.2) is 0 Å². The van der Waals surface area contributed by atoms with Crippen LogP contribution in [0.1, 0.15) is 43.6 Å². The average molecular weight is 287 g/mol. The molecule has 1 N–H and O–H groups in total. The number of nitrogens with zero attached hydrogens (tertiary/aromatic N) is 2. The van der Waals surface area contributed by atoms with Crippen molar-refractivity contribution in [3.8, 4) is 0 Å². The summed E-state index contributed by atoms with van der Waals surface area (Å²) in [6, 6.07) is 10.6. The summed E-state index contributed by atoms with van der Waals surface area (Å²) in [5.41, 5.74) is 1.18. The van der Waals surface area contributed by atoms with E-state index in [0.717, 1.165) is 18.9 Å². The van der Waals surface area contributed by atoms with Crippen LogP contribution in [-0.2, 0) is 11.2 Å². The van der Waals surface area contributed by atoms with Crippen molar-refractivity contribution < 1.29 is 9.26 Å². The monoisotopic (exact) mass is 287 g/mol. The minimum Gasteiger partial charge on any atom is -0.377 e. The third-order valence-electron chi connectivity index (χ3n) is 3.90. The Hall–Kier alpha value is -1.72. The Balaban J connectivity index is 1.61. The Morgan fingerprint density at radius 2 is 2.14 bits per heavy atom. The fraction of sp³-hybridized carbons (Fsp3) is 0.500. The van der Waals surface area contributed by atoms with Crippen LogP contribution in [0.25, 0.3) is 0 Å². The lowest BCUT2D eigenvalue weighted by atomic mass is 10.1. The van der Waals surface area contributed by atoms with E-state index in [2.05, 4.69) is 34.5 Å². The van der Waals surface area contributed by atoms with Crippen LogP contribution in [-0.4, -0.2) is 28.9 Å². The Morgan fingerprint density at radius 3 is 2.86 bits per heavy atom. The molecule has 3 rings (SSSR count). The van der Waals surface area contributed by atoms with Crippen LogP contribution in [0.2, 0.25) is 0 Å². The lowest BCUT2D eigenvalue weighted by Gasteiger charge is -2.19. The molecule has 0 unspecified atom stereocenters. The van der Waals surface area contributed by atoms with E-state index in [1.54, 1.807) is 0 Å². The molecule has 0 amide bonds. The first-order chi connectivity index (χ1) is 10.2. The molecule has 5 heteroatoms. The van der Waals surface area contributed by atoms with E-state index < -0.39 is 0 Å². The van der Waals surface area contributed by atoms with Gasteiger partial charge in [-0.1, -0.05) is 35.5 Å². The van der Waals surface area contributed by atoms with Gasteiger partial charge < -0.3 is 14.6 Å². The molecular formula is C16H21N3O2. The van der Waals surface area contributed by atoms with E-state index in [1.165, 1.54) is 5.56 Å². The van der Waals surface area contributed by atoms with Crippen LogP contribution in [0, 0.1) is 0 Å². The Bertz CT molecular complexity index is 570. The number of ether oxygens (including phenoxy) is 1. The molecule has 1 aliphatic rings. The Labute approximate surface area is 124 Å². The van der Waals surface area contributed by atoms with Crippen molar-refractivity contribution in [3.05, 3.63) is 47.6 Å². The SMILES string of the molecule is C[C@H](N[C@@H]1CCO[C@H]1C)c1nc(Cc2ccccc2)no1. The van der Waals surface area contributed by atoms with Crippen LogP contribution in [0.3, 0.4) is 0 Å². The molecule has 0 aliphatic carbocycles. The third-order valence-corrected chi connectivity index (χ3v) is 3.90. The van der Waals surface area contributed by atoms with Gasteiger partial charge in [0.15, 0.2) is 5.82 Å². The van der Waals surface area contributed by atoms with Gasteiger partial charge in [0, 0.05) is 19.1 Å². The molecule has 3 atom stereocenters. The molecule has 2 aromatic rings. The lowest BCUT2D eigenvalue weighted by molar-refractivity contribution is 0.110. The molecule has 21 heavy (non-hydrogen) atoms. The smallest absolute Gasteiger partial charge is 0.243 e. The average Bonchev–Trinajstić information content (AvgIpc) is 3.10. The van der Waals surface area contributed by atoms with Crippen LogP contribution in [0.4, 0.5) is 0 Å². The van der Waals surface area contributed by atoms with Gasteiger partial charge in [0.25, 0.3) is 0 Å². The Morgan fingerprint density at radius 1 is 1.33 bits per heavy atom. The maximum absolute atomic E-state index is 5.56. The van der Waals surface area contributed by atoms with Gasteiger partial charge in [0.1, 0.15) is 0 Å². The summed E-state index contributed by atoms with van der Waals surface area (Å²) in [5.74, 6) is 1.36. The second-order valence-corrected chi connectivity index (χ2v) is 5.57. The summed E-state index contributed by atoms with van der Waals surface area (Å²) in [5, 5.41) is 7.57. The standard InChI is InChI=1S/C16H21N3O2/c1-11(17-14-8-9-20-12(14)2)16-18-15(19-21-16)10-13-6-4-3-5-7-13/h3-7,11-12,14,17H,8-10H2,1-2H3/t11-,12-,14+/m0/s1. The molecule has 0 radical (unpaired) electrons. The van der Waals surface area contributed by atoms with Gasteiger partial charge in [0.2, 0.25) is 5.89 Å². The largest absolute Gasteiger partial charge is 0.377 e. The highest BCUT2D eigenvalue weighted by atomic mass is 16.5. The number of hydrogen-bond acceptors (Lipinski definition) is 5. The Kier molecular flexibility index (Phi) is 4.31. The van der Waals surface area contributed by atoms with E-state index in [1.807, 2.05) is 25.1 Å². The van der Waals surface area contributed by atoms with Crippen LogP contribution in [0.15, 0.2) is 34.9 Å². The number of rotatable bonds is 5. The number of nitrogens with one attached hydrogen (secondary N) is 1. The van der Waals surface area contributed by atoms with Crippen molar-refractivity contribution in [2.24, 2.45) is 0 Å². The van der Waals surface area contributed by atoms with E-state index in [4.69, 9.17) is 9.26 Å². The first-order valence-electron chi connectivity index (χ1n) is 7.46. The van der Waals surface area contributed by atoms with Crippen molar-refractivity contribution in [1.82, 2.24) is 15.5 Å². The van der Waals surface area contributed by atoms with Crippen molar-refractivity contribution in [2.75, 3.05) is 6.61 Å². The number of aromatic nitrogens is 2. The quantitative estimate of drug-likeness (QED) is 0.915. The molecule has 2 heterocycles. The van der Waals surface area contributed by atoms with E-state index in [0.29, 0.717) is 18.4 Å². The first kappa shape index (κ1) is 14.2. The minimum absolute atomic E-state index is 0.0381. The highest BCUT2D eigenvalue weighted by Crippen LogP contribution is 2.18. The second-order valence-electron chi connectivity index (χ2n) is 5.57. The summed E-state index contributed by atoms with van der Waals surface area (Å²) in [6.45, 7) is 4.95. The number of hydrogen-bond donors (Lipinski definition) is 1. The zero-order valence-electron chi connectivity index (χ0n) is 12.5. The molecule has 0 spiro atoms. The topological polar surface area (TPSA) is 60.2 Å². The van der Waals surface area contributed by atoms with Crippen LogP contribution < -0.4 is 5.32 Å². The zero-order valence-corrected chi connectivity index (χ0v) is 12.5. The molecule has 0 bridgehead atoms. The fourth-order valence-corrected chi connectivity index (χ4v) is 2.64. The van der Waals surface area contributed by atoms with Gasteiger partial charge >= 0.3 is 0 Å². The molecule has 1 aromatic heterocycles. The van der Waals surface area contributed by atoms with Gasteiger partial charge in [-0.15, -0.1) is 0 Å². The first-order valence-corrected chi connectivity index (χ1v) is 7.46. The highest BCUT2D eigenvalue weighted by Gasteiger charge is 2.27. The summed E-state index contributed by atoms with van der Waals surface area (Å²) < 4.78 is 10.9. The van der Waals surface area contributed by atoms with Crippen molar-refractivity contribution in [1.29, 1.82) is 0 Å². The highest BCUT2D eigenvalue weighted by molar-refractivity contribution is 5.18. The second kappa shape index (κ2) is 6.37. The molecule has 0 saturated carbocycles. The predicted molar refractivity (Wildman–Crippen MR) is 78.9 cm³/mol. The molecule has 1 fully saturated rings. The molecule has 1 saturated heterocycles.